The van der Waals surface area contributed by atoms with Crippen molar-refractivity contribution < 1.29 is 9.21 Å². The van der Waals surface area contributed by atoms with Crippen molar-refractivity contribution in [1.29, 1.82) is 0 Å². The van der Waals surface area contributed by atoms with Crippen LogP contribution in [0.3, 0.4) is 0 Å². The molecule has 1 aromatic heterocycles. The number of anilines is 2. The largest absolute Gasteiger partial charge is 0.459 e. The second kappa shape index (κ2) is 6.24. The van der Waals surface area contributed by atoms with Gasteiger partial charge in [0.25, 0.3) is 5.91 Å². The Balaban J connectivity index is 1.59. The minimum atomic E-state index is -0.232. The molecule has 120 valence electrons. The Kier molecular flexibility index (Phi) is 3.79. The molecule has 0 fully saturated rings. The van der Waals surface area contributed by atoms with Gasteiger partial charge in [-0.2, -0.15) is 0 Å². The highest BCUT2D eigenvalue weighted by Crippen LogP contribution is 2.30. The van der Waals surface area contributed by atoms with Gasteiger partial charge in [-0.25, -0.2) is 0 Å². The van der Waals surface area contributed by atoms with E-state index in [0.717, 1.165) is 30.9 Å². The Bertz CT molecular complexity index is 856. The van der Waals surface area contributed by atoms with E-state index in [1.165, 1.54) is 17.4 Å². The molecule has 0 atom stereocenters. The SMILES string of the molecule is O=C(Nc1ccccc1N1CCc2ccccc2C1)c1ccco1. The Morgan fingerprint density at radius 1 is 0.958 bits per heavy atom. The molecule has 4 rings (SSSR count). The van der Waals surface area contributed by atoms with Crippen LogP contribution in [0.4, 0.5) is 11.4 Å². The second-order valence-electron chi connectivity index (χ2n) is 5.89. The number of hydrogen-bond donors (Lipinski definition) is 1. The molecular weight excluding hydrogens is 300 g/mol. The Morgan fingerprint density at radius 3 is 2.58 bits per heavy atom. The van der Waals surface area contributed by atoms with E-state index in [4.69, 9.17) is 4.42 Å². The third kappa shape index (κ3) is 2.78. The lowest BCUT2D eigenvalue weighted by Crippen LogP contribution is -2.31. The van der Waals surface area contributed by atoms with Gasteiger partial charge < -0.3 is 14.6 Å². The molecule has 2 aromatic carbocycles. The smallest absolute Gasteiger partial charge is 0.291 e. The van der Waals surface area contributed by atoms with Crippen molar-refractivity contribution in [2.45, 2.75) is 13.0 Å². The van der Waals surface area contributed by atoms with Gasteiger partial charge in [-0.05, 0) is 41.8 Å². The zero-order valence-corrected chi connectivity index (χ0v) is 13.2. The van der Waals surface area contributed by atoms with E-state index in [1.54, 1.807) is 12.1 Å². The van der Waals surface area contributed by atoms with Gasteiger partial charge in [0.15, 0.2) is 5.76 Å². The van der Waals surface area contributed by atoms with Gasteiger partial charge in [-0.1, -0.05) is 36.4 Å². The maximum atomic E-state index is 12.3. The average Bonchev–Trinajstić information content (AvgIpc) is 3.17. The Labute approximate surface area is 140 Å². The summed E-state index contributed by atoms with van der Waals surface area (Å²) in [7, 11) is 0. The van der Waals surface area contributed by atoms with Gasteiger partial charge in [0.1, 0.15) is 0 Å². The number of nitrogens with one attached hydrogen (secondary N) is 1. The molecule has 2 heterocycles. The summed E-state index contributed by atoms with van der Waals surface area (Å²) >= 11 is 0. The summed E-state index contributed by atoms with van der Waals surface area (Å²) in [5.74, 6) is 0.0821. The summed E-state index contributed by atoms with van der Waals surface area (Å²) in [4.78, 5) is 14.6. The molecule has 0 aliphatic carbocycles. The number of benzene rings is 2. The predicted octanol–water partition coefficient (Wildman–Crippen LogP) is 4.09. The zero-order valence-electron chi connectivity index (χ0n) is 13.2. The Morgan fingerprint density at radius 2 is 1.75 bits per heavy atom. The topological polar surface area (TPSA) is 45.5 Å². The van der Waals surface area contributed by atoms with Crippen LogP contribution >= 0.6 is 0 Å². The molecule has 4 heteroatoms. The van der Waals surface area contributed by atoms with Crippen molar-refractivity contribution in [3.8, 4) is 0 Å². The molecule has 0 bridgehead atoms. The normalized spacial score (nSPS) is 13.4. The molecule has 1 aliphatic rings. The molecule has 0 saturated carbocycles. The van der Waals surface area contributed by atoms with Gasteiger partial charge in [-0.3, -0.25) is 4.79 Å². The van der Waals surface area contributed by atoms with E-state index in [9.17, 15) is 4.79 Å². The summed E-state index contributed by atoms with van der Waals surface area (Å²) in [6.07, 6.45) is 2.51. The van der Waals surface area contributed by atoms with Crippen LogP contribution < -0.4 is 10.2 Å². The van der Waals surface area contributed by atoms with Crippen molar-refractivity contribution in [1.82, 2.24) is 0 Å². The van der Waals surface area contributed by atoms with E-state index >= 15 is 0 Å². The van der Waals surface area contributed by atoms with E-state index in [2.05, 4.69) is 34.5 Å². The number of carbonyl (C=O) groups excluding carboxylic acids is 1. The van der Waals surface area contributed by atoms with E-state index in [1.807, 2.05) is 24.3 Å². The molecule has 0 unspecified atom stereocenters. The number of furan rings is 1. The fourth-order valence-corrected chi connectivity index (χ4v) is 3.15. The first-order chi connectivity index (χ1) is 11.8. The monoisotopic (exact) mass is 318 g/mol. The van der Waals surface area contributed by atoms with Crippen LogP contribution in [0, 0.1) is 0 Å². The Hall–Kier alpha value is -3.01. The third-order valence-corrected chi connectivity index (χ3v) is 4.37. The fraction of sp³-hybridized carbons (Fsp3) is 0.150. The first kappa shape index (κ1) is 14.6. The predicted molar refractivity (Wildman–Crippen MR) is 94.3 cm³/mol. The van der Waals surface area contributed by atoms with Gasteiger partial charge in [0, 0.05) is 13.1 Å². The van der Waals surface area contributed by atoms with Crippen molar-refractivity contribution in [3.05, 3.63) is 83.8 Å². The minimum Gasteiger partial charge on any atom is -0.459 e. The van der Waals surface area contributed by atoms with Crippen LogP contribution in [-0.2, 0) is 13.0 Å². The summed E-state index contributed by atoms with van der Waals surface area (Å²) in [6.45, 7) is 1.79. The van der Waals surface area contributed by atoms with Crippen LogP contribution in [0.2, 0.25) is 0 Å². The van der Waals surface area contributed by atoms with Gasteiger partial charge in [0.05, 0.1) is 17.6 Å². The first-order valence-electron chi connectivity index (χ1n) is 8.07. The molecular formula is C20H18N2O2. The molecule has 0 saturated heterocycles. The van der Waals surface area contributed by atoms with Crippen molar-refractivity contribution in [2.75, 3.05) is 16.8 Å². The van der Waals surface area contributed by atoms with Crippen molar-refractivity contribution in [2.24, 2.45) is 0 Å². The first-order valence-corrected chi connectivity index (χ1v) is 8.07. The number of carbonyl (C=O) groups is 1. The summed E-state index contributed by atoms with van der Waals surface area (Å²) in [5.41, 5.74) is 4.59. The summed E-state index contributed by atoms with van der Waals surface area (Å²) in [6, 6.07) is 19.8. The molecule has 24 heavy (non-hydrogen) atoms. The third-order valence-electron chi connectivity index (χ3n) is 4.37. The molecule has 0 radical (unpaired) electrons. The van der Waals surface area contributed by atoms with Crippen LogP contribution in [-0.4, -0.2) is 12.5 Å². The molecule has 0 spiro atoms. The van der Waals surface area contributed by atoms with Crippen LogP contribution in [0.25, 0.3) is 0 Å². The number of para-hydroxylation sites is 2. The number of hydrogen-bond acceptors (Lipinski definition) is 3. The highest BCUT2D eigenvalue weighted by atomic mass is 16.3. The van der Waals surface area contributed by atoms with Crippen LogP contribution in [0.1, 0.15) is 21.7 Å². The second-order valence-corrected chi connectivity index (χ2v) is 5.89. The molecule has 1 aliphatic heterocycles. The van der Waals surface area contributed by atoms with Gasteiger partial charge in [0.2, 0.25) is 0 Å². The lowest BCUT2D eigenvalue weighted by molar-refractivity contribution is 0.0996. The molecule has 1 N–H and O–H groups in total. The zero-order chi connectivity index (χ0) is 16.4. The highest BCUT2D eigenvalue weighted by Gasteiger charge is 2.19. The number of amides is 1. The van der Waals surface area contributed by atoms with Crippen LogP contribution in [0.5, 0.6) is 0 Å². The van der Waals surface area contributed by atoms with Gasteiger partial charge in [-0.15, -0.1) is 0 Å². The summed E-state index contributed by atoms with van der Waals surface area (Å²) < 4.78 is 5.17. The lowest BCUT2D eigenvalue weighted by Gasteiger charge is -2.32. The molecule has 4 nitrogen and oxygen atoms in total. The van der Waals surface area contributed by atoms with Gasteiger partial charge >= 0.3 is 0 Å². The number of nitrogens with zero attached hydrogens (tertiary/aromatic N) is 1. The fourth-order valence-electron chi connectivity index (χ4n) is 3.15. The summed E-state index contributed by atoms with van der Waals surface area (Å²) in [5, 5.41) is 2.96. The van der Waals surface area contributed by atoms with E-state index < -0.39 is 0 Å². The van der Waals surface area contributed by atoms with E-state index in [0.29, 0.717) is 5.76 Å². The molecule has 1 amide bonds. The standard InChI is InChI=1S/C20H18N2O2/c23-20(19-10-5-13-24-19)21-17-8-3-4-9-18(17)22-12-11-15-6-1-2-7-16(15)14-22/h1-10,13H,11-12,14H2,(H,21,23). The lowest BCUT2D eigenvalue weighted by atomic mass is 9.99. The number of fused-ring (bicyclic) bond motifs is 1. The quantitative estimate of drug-likeness (QED) is 0.791. The maximum Gasteiger partial charge on any atom is 0.291 e. The molecule has 3 aromatic rings. The van der Waals surface area contributed by atoms with Crippen molar-refractivity contribution in [3.63, 3.8) is 0 Å². The minimum absolute atomic E-state index is 0.232. The van der Waals surface area contributed by atoms with Crippen molar-refractivity contribution >= 4 is 17.3 Å². The average molecular weight is 318 g/mol. The van der Waals surface area contributed by atoms with Crippen LogP contribution in [0.15, 0.2) is 71.3 Å². The van der Waals surface area contributed by atoms with E-state index in [-0.39, 0.29) is 5.91 Å². The highest BCUT2D eigenvalue weighted by molar-refractivity contribution is 6.04. The maximum absolute atomic E-state index is 12.3. The number of rotatable bonds is 3.